The van der Waals surface area contributed by atoms with Gasteiger partial charge in [0.1, 0.15) is 17.2 Å². The van der Waals surface area contributed by atoms with E-state index in [0.717, 1.165) is 28.6 Å². The third kappa shape index (κ3) is 1.88. The third-order valence-corrected chi connectivity index (χ3v) is 2.96. The van der Waals surface area contributed by atoms with Gasteiger partial charge in [-0.3, -0.25) is 0 Å². The van der Waals surface area contributed by atoms with Gasteiger partial charge in [0.15, 0.2) is 0 Å². The molecular weight excluding hydrogens is 230 g/mol. The molecule has 96 valence electrons. The Bertz CT molecular complexity index is 576. The van der Waals surface area contributed by atoms with Crippen molar-refractivity contribution in [1.82, 2.24) is 9.78 Å². The van der Waals surface area contributed by atoms with Crippen LogP contribution in [0.25, 0.3) is 5.69 Å². The first-order chi connectivity index (χ1) is 8.58. The maximum atomic E-state index is 5.95. The average molecular weight is 247 g/mol. The normalized spacial score (nSPS) is 10.4. The van der Waals surface area contributed by atoms with E-state index in [-0.39, 0.29) is 0 Å². The van der Waals surface area contributed by atoms with Crippen LogP contribution in [0.1, 0.15) is 11.4 Å². The minimum Gasteiger partial charge on any atom is -0.497 e. The van der Waals surface area contributed by atoms with Gasteiger partial charge in [-0.2, -0.15) is 5.10 Å². The summed E-state index contributed by atoms with van der Waals surface area (Å²) in [4.78, 5) is 0. The Morgan fingerprint density at radius 3 is 2.39 bits per heavy atom. The molecule has 5 heteroatoms. The van der Waals surface area contributed by atoms with Gasteiger partial charge in [-0.1, -0.05) is 0 Å². The van der Waals surface area contributed by atoms with Crippen LogP contribution < -0.4 is 15.2 Å². The van der Waals surface area contributed by atoms with Crippen molar-refractivity contribution in [1.29, 1.82) is 0 Å². The predicted octanol–water partition coefficient (Wildman–Crippen LogP) is 2.09. The molecule has 0 amide bonds. The molecule has 2 aromatic rings. The molecule has 2 rings (SSSR count). The lowest BCUT2D eigenvalue weighted by Gasteiger charge is -2.11. The van der Waals surface area contributed by atoms with Gasteiger partial charge in [-0.15, -0.1) is 0 Å². The monoisotopic (exact) mass is 247 g/mol. The summed E-state index contributed by atoms with van der Waals surface area (Å²) >= 11 is 0. The summed E-state index contributed by atoms with van der Waals surface area (Å²) in [5, 5.41) is 4.42. The topological polar surface area (TPSA) is 62.3 Å². The van der Waals surface area contributed by atoms with Gasteiger partial charge in [0.2, 0.25) is 0 Å². The summed E-state index contributed by atoms with van der Waals surface area (Å²) in [6.07, 6.45) is 0. The number of anilines is 1. The molecular formula is C13H17N3O2. The van der Waals surface area contributed by atoms with Crippen molar-refractivity contribution in [2.24, 2.45) is 0 Å². The van der Waals surface area contributed by atoms with Gasteiger partial charge in [-0.25, -0.2) is 4.68 Å². The van der Waals surface area contributed by atoms with E-state index in [9.17, 15) is 0 Å². The molecule has 0 atom stereocenters. The first-order valence-electron chi connectivity index (χ1n) is 5.62. The molecule has 0 saturated carbocycles. The Balaban J connectivity index is 2.64. The highest BCUT2D eigenvalue weighted by molar-refractivity contribution is 5.56. The molecule has 0 unspecified atom stereocenters. The SMILES string of the molecule is COc1ccc(OC)c(-n2nc(C)c(N)c2C)c1. The highest BCUT2D eigenvalue weighted by Gasteiger charge is 2.14. The molecule has 2 N–H and O–H groups in total. The fourth-order valence-electron chi connectivity index (χ4n) is 1.85. The summed E-state index contributed by atoms with van der Waals surface area (Å²) in [6, 6.07) is 5.57. The Kier molecular flexibility index (Phi) is 3.14. The van der Waals surface area contributed by atoms with Crippen LogP contribution in [0.2, 0.25) is 0 Å². The third-order valence-electron chi connectivity index (χ3n) is 2.96. The van der Waals surface area contributed by atoms with Crippen molar-refractivity contribution in [2.45, 2.75) is 13.8 Å². The molecule has 18 heavy (non-hydrogen) atoms. The molecule has 0 fully saturated rings. The second kappa shape index (κ2) is 4.60. The minimum atomic E-state index is 0.694. The smallest absolute Gasteiger partial charge is 0.144 e. The van der Waals surface area contributed by atoms with Crippen LogP contribution in [0.3, 0.4) is 0 Å². The van der Waals surface area contributed by atoms with Crippen LogP contribution in [0, 0.1) is 13.8 Å². The van der Waals surface area contributed by atoms with E-state index in [1.807, 2.05) is 32.0 Å². The zero-order valence-electron chi connectivity index (χ0n) is 11.0. The maximum Gasteiger partial charge on any atom is 0.144 e. The number of rotatable bonds is 3. The molecule has 1 aromatic carbocycles. The molecule has 0 spiro atoms. The van der Waals surface area contributed by atoms with Crippen LogP contribution in [0.5, 0.6) is 11.5 Å². The van der Waals surface area contributed by atoms with Crippen molar-refractivity contribution in [2.75, 3.05) is 20.0 Å². The molecule has 1 aromatic heterocycles. The Labute approximate surface area is 106 Å². The highest BCUT2D eigenvalue weighted by Crippen LogP contribution is 2.30. The summed E-state index contributed by atoms with van der Waals surface area (Å²) in [6.45, 7) is 3.81. The van der Waals surface area contributed by atoms with E-state index in [1.54, 1.807) is 18.9 Å². The van der Waals surface area contributed by atoms with E-state index in [2.05, 4.69) is 5.10 Å². The average Bonchev–Trinajstić information content (AvgIpc) is 2.65. The van der Waals surface area contributed by atoms with E-state index in [1.165, 1.54) is 0 Å². The van der Waals surface area contributed by atoms with Crippen molar-refractivity contribution >= 4 is 5.69 Å². The Morgan fingerprint density at radius 2 is 1.89 bits per heavy atom. The second-order valence-electron chi connectivity index (χ2n) is 4.03. The number of ether oxygens (including phenoxy) is 2. The van der Waals surface area contributed by atoms with Crippen LogP contribution in [-0.4, -0.2) is 24.0 Å². The molecule has 1 heterocycles. The van der Waals surface area contributed by atoms with Crippen LogP contribution >= 0.6 is 0 Å². The van der Waals surface area contributed by atoms with Crippen LogP contribution in [-0.2, 0) is 0 Å². The predicted molar refractivity (Wildman–Crippen MR) is 70.6 cm³/mol. The van der Waals surface area contributed by atoms with Crippen molar-refractivity contribution < 1.29 is 9.47 Å². The fourth-order valence-corrected chi connectivity index (χ4v) is 1.85. The number of nitrogens with two attached hydrogens (primary N) is 1. The van der Waals surface area contributed by atoms with Crippen molar-refractivity contribution in [3.05, 3.63) is 29.6 Å². The first kappa shape index (κ1) is 12.3. The number of benzene rings is 1. The Hall–Kier alpha value is -2.17. The lowest BCUT2D eigenvalue weighted by Crippen LogP contribution is -2.03. The standard InChI is InChI=1S/C13H17N3O2/c1-8-13(14)9(2)16(15-8)11-7-10(17-3)5-6-12(11)18-4/h5-7H,14H2,1-4H3. The first-order valence-corrected chi connectivity index (χ1v) is 5.62. The van der Waals surface area contributed by atoms with Gasteiger partial charge in [0.25, 0.3) is 0 Å². The van der Waals surface area contributed by atoms with E-state index in [0.29, 0.717) is 5.69 Å². The quantitative estimate of drug-likeness (QED) is 0.902. The molecule has 0 aliphatic carbocycles. The summed E-state index contributed by atoms with van der Waals surface area (Å²) in [7, 11) is 3.25. The summed E-state index contributed by atoms with van der Waals surface area (Å²) < 4.78 is 12.3. The van der Waals surface area contributed by atoms with Gasteiger partial charge in [-0.05, 0) is 26.0 Å². The number of aryl methyl sites for hydroxylation is 1. The maximum absolute atomic E-state index is 5.95. The molecule has 5 nitrogen and oxygen atoms in total. The minimum absolute atomic E-state index is 0.694. The van der Waals surface area contributed by atoms with Gasteiger partial charge >= 0.3 is 0 Å². The van der Waals surface area contributed by atoms with Crippen molar-refractivity contribution in [3.8, 4) is 17.2 Å². The summed E-state index contributed by atoms with van der Waals surface area (Å²) in [5.41, 5.74) is 9.15. The Morgan fingerprint density at radius 1 is 1.17 bits per heavy atom. The van der Waals surface area contributed by atoms with Crippen molar-refractivity contribution in [3.63, 3.8) is 0 Å². The zero-order chi connectivity index (χ0) is 13.3. The fraction of sp³-hybridized carbons (Fsp3) is 0.308. The number of hydrogen-bond donors (Lipinski definition) is 1. The lowest BCUT2D eigenvalue weighted by molar-refractivity contribution is 0.400. The molecule has 0 bridgehead atoms. The number of nitrogen functional groups attached to an aromatic ring is 1. The lowest BCUT2D eigenvalue weighted by atomic mass is 10.2. The second-order valence-corrected chi connectivity index (χ2v) is 4.03. The number of hydrogen-bond acceptors (Lipinski definition) is 4. The molecule has 0 aliphatic heterocycles. The van der Waals surface area contributed by atoms with Gasteiger partial charge in [0.05, 0.1) is 31.3 Å². The molecule has 0 aliphatic rings. The number of methoxy groups -OCH3 is 2. The zero-order valence-corrected chi connectivity index (χ0v) is 11.0. The largest absolute Gasteiger partial charge is 0.497 e. The molecule has 0 saturated heterocycles. The van der Waals surface area contributed by atoms with E-state index in [4.69, 9.17) is 15.2 Å². The van der Waals surface area contributed by atoms with E-state index < -0.39 is 0 Å². The molecule has 0 radical (unpaired) electrons. The van der Waals surface area contributed by atoms with Gasteiger partial charge < -0.3 is 15.2 Å². The number of aromatic nitrogens is 2. The summed E-state index contributed by atoms with van der Waals surface area (Å²) in [5.74, 6) is 1.47. The van der Waals surface area contributed by atoms with Crippen LogP contribution in [0.4, 0.5) is 5.69 Å². The van der Waals surface area contributed by atoms with E-state index >= 15 is 0 Å². The highest BCUT2D eigenvalue weighted by atomic mass is 16.5. The van der Waals surface area contributed by atoms with Gasteiger partial charge in [0, 0.05) is 6.07 Å². The number of nitrogens with zero attached hydrogens (tertiary/aromatic N) is 2. The van der Waals surface area contributed by atoms with Crippen LogP contribution in [0.15, 0.2) is 18.2 Å².